The summed E-state index contributed by atoms with van der Waals surface area (Å²) in [6, 6.07) is 4.64. The molecule has 0 aliphatic heterocycles. The standard InChI is InChI=1S/C15H24N2/c1-12-8-7-11-17-14(12)15(16-2)13-9-5-3-4-6-10-13/h7-8,11,13,15-16H,3-6,9-10H2,1-2H3. The highest BCUT2D eigenvalue weighted by Gasteiger charge is 2.24. The molecule has 1 aromatic rings. The molecule has 1 unspecified atom stereocenters. The lowest BCUT2D eigenvalue weighted by molar-refractivity contribution is 0.335. The van der Waals surface area contributed by atoms with E-state index in [0.717, 1.165) is 5.92 Å². The average Bonchev–Trinajstić information content (AvgIpc) is 2.62. The molecule has 0 radical (unpaired) electrons. The number of aryl methyl sites for hydroxylation is 1. The van der Waals surface area contributed by atoms with Gasteiger partial charge in [-0.2, -0.15) is 0 Å². The molecule has 0 saturated heterocycles. The first kappa shape index (κ1) is 12.6. The normalized spacial score (nSPS) is 19.9. The predicted octanol–water partition coefficient (Wildman–Crippen LogP) is 3.62. The monoisotopic (exact) mass is 232 g/mol. The van der Waals surface area contributed by atoms with Crippen molar-refractivity contribution >= 4 is 0 Å². The fourth-order valence-corrected chi connectivity index (χ4v) is 3.06. The van der Waals surface area contributed by atoms with Crippen LogP contribution in [0.1, 0.15) is 55.8 Å². The molecule has 2 rings (SSSR count). The van der Waals surface area contributed by atoms with Crippen LogP contribution in [0.5, 0.6) is 0 Å². The average molecular weight is 232 g/mol. The number of nitrogens with zero attached hydrogens (tertiary/aromatic N) is 1. The maximum absolute atomic E-state index is 4.59. The summed E-state index contributed by atoms with van der Waals surface area (Å²) in [5, 5.41) is 3.49. The zero-order chi connectivity index (χ0) is 12.1. The van der Waals surface area contributed by atoms with Crippen LogP contribution in [0.3, 0.4) is 0 Å². The van der Waals surface area contributed by atoms with Crippen LogP contribution in [0.15, 0.2) is 18.3 Å². The van der Waals surface area contributed by atoms with Gasteiger partial charge in [0.05, 0.1) is 11.7 Å². The molecule has 1 aliphatic rings. The van der Waals surface area contributed by atoms with Gasteiger partial charge in [0.2, 0.25) is 0 Å². The second kappa shape index (κ2) is 6.15. The summed E-state index contributed by atoms with van der Waals surface area (Å²) in [6.07, 6.45) is 10.2. The molecule has 1 heterocycles. The summed E-state index contributed by atoms with van der Waals surface area (Å²) >= 11 is 0. The Labute approximate surface area is 105 Å². The summed E-state index contributed by atoms with van der Waals surface area (Å²) in [7, 11) is 2.07. The number of hydrogen-bond donors (Lipinski definition) is 1. The smallest absolute Gasteiger partial charge is 0.0604 e. The van der Waals surface area contributed by atoms with E-state index in [1.807, 2.05) is 12.3 Å². The molecule has 1 atom stereocenters. The number of pyridine rings is 1. The Balaban J connectivity index is 2.17. The van der Waals surface area contributed by atoms with Crippen molar-refractivity contribution in [2.45, 2.75) is 51.5 Å². The van der Waals surface area contributed by atoms with Gasteiger partial charge in [0, 0.05) is 6.20 Å². The fraction of sp³-hybridized carbons (Fsp3) is 0.667. The largest absolute Gasteiger partial charge is 0.311 e. The van der Waals surface area contributed by atoms with E-state index < -0.39 is 0 Å². The van der Waals surface area contributed by atoms with Crippen LogP contribution in [-0.2, 0) is 0 Å². The van der Waals surface area contributed by atoms with Crippen LogP contribution in [0.4, 0.5) is 0 Å². The molecule has 0 aromatic carbocycles. The predicted molar refractivity (Wildman–Crippen MR) is 72.0 cm³/mol. The third-order valence-electron chi connectivity index (χ3n) is 4.03. The van der Waals surface area contributed by atoms with Crippen LogP contribution in [-0.4, -0.2) is 12.0 Å². The van der Waals surface area contributed by atoms with Gasteiger partial charge < -0.3 is 5.32 Å². The van der Waals surface area contributed by atoms with Crippen LogP contribution in [0.25, 0.3) is 0 Å². The van der Waals surface area contributed by atoms with E-state index in [-0.39, 0.29) is 0 Å². The van der Waals surface area contributed by atoms with E-state index in [4.69, 9.17) is 0 Å². The van der Waals surface area contributed by atoms with E-state index in [0.29, 0.717) is 6.04 Å². The Morgan fingerprint density at radius 3 is 2.53 bits per heavy atom. The van der Waals surface area contributed by atoms with E-state index >= 15 is 0 Å². The maximum atomic E-state index is 4.59. The van der Waals surface area contributed by atoms with Gasteiger partial charge in [-0.3, -0.25) is 4.98 Å². The minimum absolute atomic E-state index is 0.439. The molecule has 2 nitrogen and oxygen atoms in total. The van der Waals surface area contributed by atoms with Crippen LogP contribution >= 0.6 is 0 Å². The van der Waals surface area contributed by atoms with Crippen molar-refractivity contribution in [3.63, 3.8) is 0 Å². The Morgan fingerprint density at radius 2 is 1.94 bits per heavy atom. The third kappa shape index (κ3) is 3.06. The van der Waals surface area contributed by atoms with Crippen LogP contribution in [0, 0.1) is 12.8 Å². The zero-order valence-electron chi connectivity index (χ0n) is 11.1. The van der Waals surface area contributed by atoms with E-state index in [2.05, 4.69) is 30.3 Å². The third-order valence-corrected chi connectivity index (χ3v) is 4.03. The highest BCUT2D eigenvalue weighted by molar-refractivity contribution is 5.21. The van der Waals surface area contributed by atoms with Crippen LogP contribution in [0.2, 0.25) is 0 Å². The molecular formula is C15H24N2. The number of hydrogen-bond acceptors (Lipinski definition) is 2. The molecule has 17 heavy (non-hydrogen) atoms. The molecule has 2 heteroatoms. The fourth-order valence-electron chi connectivity index (χ4n) is 3.06. The number of aromatic nitrogens is 1. The minimum atomic E-state index is 0.439. The van der Waals surface area contributed by atoms with Gasteiger partial charge >= 0.3 is 0 Å². The Hall–Kier alpha value is -0.890. The Kier molecular flexibility index (Phi) is 4.55. The molecule has 1 N–H and O–H groups in total. The summed E-state index contributed by atoms with van der Waals surface area (Å²) in [4.78, 5) is 4.59. The van der Waals surface area contributed by atoms with Gasteiger partial charge in [-0.1, -0.05) is 31.7 Å². The molecule has 0 amide bonds. The maximum Gasteiger partial charge on any atom is 0.0604 e. The zero-order valence-corrected chi connectivity index (χ0v) is 11.1. The Morgan fingerprint density at radius 1 is 1.24 bits per heavy atom. The highest BCUT2D eigenvalue weighted by atomic mass is 14.9. The van der Waals surface area contributed by atoms with Gasteiger partial charge in [0.15, 0.2) is 0 Å². The lowest BCUT2D eigenvalue weighted by atomic mass is 9.88. The lowest BCUT2D eigenvalue weighted by Crippen LogP contribution is -2.26. The number of nitrogens with one attached hydrogen (secondary N) is 1. The van der Waals surface area contributed by atoms with Gasteiger partial charge in [-0.05, 0) is 44.4 Å². The topological polar surface area (TPSA) is 24.9 Å². The highest BCUT2D eigenvalue weighted by Crippen LogP contribution is 2.33. The van der Waals surface area contributed by atoms with Gasteiger partial charge in [0.1, 0.15) is 0 Å². The van der Waals surface area contributed by atoms with Gasteiger partial charge in [-0.15, -0.1) is 0 Å². The van der Waals surface area contributed by atoms with Crippen LogP contribution < -0.4 is 5.32 Å². The molecule has 0 bridgehead atoms. The summed E-state index contributed by atoms with van der Waals surface area (Å²) in [5.74, 6) is 0.760. The molecule has 1 aliphatic carbocycles. The molecule has 1 saturated carbocycles. The van der Waals surface area contributed by atoms with E-state index in [9.17, 15) is 0 Å². The van der Waals surface area contributed by atoms with Crippen molar-refractivity contribution in [1.29, 1.82) is 0 Å². The quantitative estimate of drug-likeness (QED) is 0.805. The van der Waals surface area contributed by atoms with E-state index in [1.54, 1.807) is 0 Å². The summed E-state index contributed by atoms with van der Waals surface area (Å²) in [6.45, 7) is 2.17. The van der Waals surface area contributed by atoms with Crippen molar-refractivity contribution in [3.8, 4) is 0 Å². The van der Waals surface area contributed by atoms with Crippen molar-refractivity contribution in [2.75, 3.05) is 7.05 Å². The van der Waals surface area contributed by atoms with Crippen molar-refractivity contribution in [3.05, 3.63) is 29.6 Å². The first-order valence-electron chi connectivity index (χ1n) is 6.91. The van der Waals surface area contributed by atoms with Gasteiger partial charge in [-0.25, -0.2) is 0 Å². The van der Waals surface area contributed by atoms with Gasteiger partial charge in [0.25, 0.3) is 0 Å². The Bertz CT molecular complexity index is 341. The SMILES string of the molecule is CNC(c1ncccc1C)C1CCCCCC1. The van der Waals surface area contributed by atoms with Crippen molar-refractivity contribution in [1.82, 2.24) is 10.3 Å². The molecule has 1 aromatic heterocycles. The molecule has 0 spiro atoms. The first-order chi connectivity index (χ1) is 8.33. The van der Waals surface area contributed by atoms with Crippen molar-refractivity contribution < 1.29 is 0 Å². The summed E-state index contributed by atoms with van der Waals surface area (Å²) < 4.78 is 0. The molecular weight excluding hydrogens is 208 g/mol. The second-order valence-corrected chi connectivity index (χ2v) is 5.22. The number of rotatable bonds is 3. The summed E-state index contributed by atoms with van der Waals surface area (Å²) in [5.41, 5.74) is 2.57. The molecule has 94 valence electrons. The van der Waals surface area contributed by atoms with E-state index in [1.165, 1.54) is 49.8 Å². The second-order valence-electron chi connectivity index (χ2n) is 5.22. The first-order valence-corrected chi connectivity index (χ1v) is 6.91. The molecule has 1 fully saturated rings. The minimum Gasteiger partial charge on any atom is -0.311 e. The lowest BCUT2D eigenvalue weighted by Gasteiger charge is -2.26. The van der Waals surface area contributed by atoms with Crippen molar-refractivity contribution in [2.24, 2.45) is 5.92 Å².